The SMILES string of the molecule is COCCCOc1cc2c(cc1Cl)-c1cc(=O)c(C(C)=O)cn1C(c1cncs1)O2. The maximum Gasteiger partial charge on any atom is 0.213 e. The summed E-state index contributed by atoms with van der Waals surface area (Å²) in [5.41, 5.74) is 2.72. The number of hydrogen-bond donors (Lipinski definition) is 0. The predicted octanol–water partition coefficient (Wildman–Crippen LogP) is 4.18. The Bertz CT molecular complexity index is 1140. The normalized spacial score (nSPS) is 14.6. The van der Waals surface area contributed by atoms with E-state index in [0.717, 1.165) is 11.3 Å². The van der Waals surface area contributed by atoms with Gasteiger partial charge in [-0.15, -0.1) is 11.3 Å². The molecule has 0 N–H and O–H groups in total. The van der Waals surface area contributed by atoms with Crippen molar-refractivity contribution in [1.29, 1.82) is 0 Å². The van der Waals surface area contributed by atoms with Crippen molar-refractivity contribution in [1.82, 2.24) is 9.55 Å². The molecule has 0 amide bonds. The minimum absolute atomic E-state index is 0.101. The highest BCUT2D eigenvalue weighted by molar-refractivity contribution is 7.09. The molecule has 0 saturated carbocycles. The van der Waals surface area contributed by atoms with Crippen LogP contribution in [-0.2, 0) is 4.74 Å². The summed E-state index contributed by atoms with van der Waals surface area (Å²) in [5.74, 6) is 0.724. The van der Waals surface area contributed by atoms with Crippen molar-refractivity contribution in [2.45, 2.75) is 19.6 Å². The lowest BCUT2D eigenvalue weighted by atomic mass is 10.0. The minimum Gasteiger partial charge on any atom is -0.492 e. The molecule has 0 saturated heterocycles. The van der Waals surface area contributed by atoms with E-state index >= 15 is 0 Å². The lowest BCUT2D eigenvalue weighted by molar-refractivity contribution is 0.101. The predicted molar refractivity (Wildman–Crippen MR) is 114 cm³/mol. The lowest BCUT2D eigenvalue weighted by Crippen LogP contribution is -2.27. The van der Waals surface area contributed by atoms with Gasteiger partial charge in [0.2, 0.25) is 6.23 Å². The Kier molecular flexibility index (Phi) is 5.90. The van der Waals surface area contributed by atoms with Gasteiger partial charge in [0.1, 0.15) is 11.5 Å². The number of halogens is 1. The largest absolute Gasteiger partial charge is 0.492 e. The number of rotatable bonds is 7. The van der Waals surface area contributed by atoms with E-state index in [2.05, 4.69) is 4.98 Å². The minimum atomic E-state index is -0.568. The fourth-order valence-corrected chi connectivity index (χ4v) is 4.13. The molecule has 30 heavy (non-hydrogen) atoms. The van der Waals surface area contributed by atoms with Crippen LogP contribution in [0.4, 0.5) is 0 Å². The van der Waals surface area contributed by atoms with Crippen molar-refractivity contribution in [2.75, 3.05) is 20.3 Å². The average Bonchev–Trinajstić information content (AvgIpc) is 3.25. The van der Waals surface area contributed by atoms with Crippen LogP contribution >= 0.6 is 22.9 Å². The Morgan fingerprint density at radius 3 is 2.87 bits per heavy atom. The molecule has 0 bridgehead atoms. The number of benzene rings is 1. The molecule has 3 aromatic rings. The van der Waals surface area contributed by atoms with E-state index in [1.165, 1.54) is 30.5 Å². The van der Waals surface area contributed by atoms with Gasteiger partial charge in [0.25, 0.3) is 0 Å². The van der Waals surface area contributed by atoms with Gasteiger partial charge < -0.3 is 18.8 Å². The van der Waals surface area contributed by atoms with E-state index in [0.29, 0.717) is 41.0 Å². The van der Waals surface area contributed by atoms with Gasteiger partial charge in [0, 0.05) is 50.2 Å². The first kappa shape index (κ1) is 20.6. The zero-order valence-electron chi connectivity index (χ0n) is 16.4. The van der Waals surface area contributed by atoms with Gasteiger partial charge in [-0.3, -0.25) is 14.6 Å². The fraction of sp³-hybridized carbons (Fsp3) is 0.286. The highest BCUT2D eigenvalue weighted by Gasteiger charge is 2.30. The number of methoxy groups -OCH3 is 1. The molecule has 1 aliphatic rings. The van der Waals surface area contributed by atoms with Crippen LogP contribution in [0.2, 0.25) is 5.02 Å². The van der Waals surface area contributed by atoms with Crippen molar-refractivity contribution >= 4 is 28.7 Å². The molecule has 4 rings (SSSR count). The molecular formula is C21H19ClN2O5S. The molecule has 0 spiro atoms. The standard InChI is InChI=1S/C21H19ClN2O5S/c1-12(25)14-10-24-16(7-17(14)26)13-6-15(22)19(28-5-3-4-27-2)8-18(13)29-21(24)20-9-23-11-30-20/h6-11,21H,3-5H2,1-2H3. The molecule has 1 aliphatic heterocycles. The molecule has 2 aromatic heterocycles. The van der Waals surface area contributed by atoms with Gasteiger partial charge in [0.15, 0.2) is 11.2 Å². The Balaban J connectivity index is 1.81. The van der Waals surface area contributed by atoms with Crippen molar-refractivity contribution in [3.63, 3.8) is 0 Å². The van der Waals surface area contributed by atoms with E-state index < -0.39 is 6.23 Å². The van der Waals surface area contributed by atoms with Crippen LogP contribution in [0.3, 0.4) is 0 Å². The van der Waals surface area contributed by atoms with Gasteiger partial charge in [-0.25, -0.2) is 0 Å². The third-order valence-corrected chi connectivity index (χ3v) is 5.81. The smallest absolute Gasteiger partial charge is 0.213 e. The van der Waals surface area contributed by atoms with Crippen LogP contribution in [0.1, 0.15) is 34.8 Å². The summed E-state index contributed by atoms with van der Waals surface area (Å²) < 4.78 is 18.8. The molecule has 0 aliphatic carbocycles. The number of hydrogen-bond acceptors (Lipinski definition) is 7. The second-order valence-electron chi connectivity index (χ2n) is 6.75. The van der Waals surface area contributed by atoms with Crippen molar-refractivity contribution in [3.05, 3.63) is 61.8 Å². The van der Waals surface area contributed by atoms with Gasteiger partial charge in [-0.05, 0) is 13.0 Å². The van der Waals surface area contributed by atoms with Crippen LogP contribution in [-0.4, -0.2) is 35.7 Å². The fourth-order valence-electron chi connectivity index (χ4n) is 3.27. The van der Waals surface area contributed by atoms with E-state index in [9.17, 15) is 9.59 Å². The molecule has 0 fully saturated rings. The van der Waals surface area contributed by atoms with Crippen LogP contribution in [0.5, 0.6) is 11.5 Å². The number of carbonyl (C=O) groups excluding carboxylic acids is 1. The zero-order chi connectivity index (χ0) is 21.3. The number of Topliss-reactive ketones (excluding diaryl/α,β-unsaturated/α-hetero) is 1. The van der Waals surface area contributed by atoms with Gasteiger partial charge in [0.05, 0.1) is 33.3 Å². The lowest BCUT2D eigenvalue weighted by Gasteiger charge is -2.31. The molecule has 0 radical (unpaired) electrons. The second-order valence-corrected chi connectivity index (χ2v) is 8.07. The number of nitrogens with zero attached hydrogens (tertiary/aromatic N) is 2. The zero-order valence-corrected chi connectivity index (χ0v) is 18.0. The number of ketones is 1. The van der Waals surface area contributed by atoms with Crippen LogP contribution in [0.25, 0.3) is 11.3 Å². The summed E-state index contributed by atoms with van der Waals surface area (Å²) >= 11 is 7.86. The van der Waals surface area contributed by atoms with Crippen molar-refractivity contribution < 1.29 is 19.0 Å². The maximum absolute atomic E-state index is 12.5. The number of carbonyl (C=O) groups is 1. The third-order valence-electron chi connectivity index (χ3n) is 4.71. The average molecular weight is 447 g/mol. The van der Waals surface area contributed by atoms with E-state index in [1.807, 2.05) is 0 Å². The Labute approximate surface area is 181 Å². The molecule has 1 atom stereocenters. The molecular weight excluding hydrogens is 428 g/mol. The van der Waals surface area contributed by atoms with Crippen LogP contribution < -0.4 is 14.9 Å². The molecule has 7 nitrogen and oxygen atoms in total. The molecule has 9 heteroatoms. The quantitative estimate of drug-likeness (QED) is 0.400. The summed E-state index contributed by atoms with van der Waals surface area (Å²) in [6.07, 6.45) is 3.39. The first-order chi connectivity index (χ1) is 14.5. The van der Waals surface area contributed by atoms with E-state index in [4.69, 9.17) is 25.8 Å². The molecule has 1 unspecified atom stereocenters. The highest BCUT2D eigenvalue weighted by Crippen LogP contribution is 2.45. The number of thiazole rings is 1. The summed E-state index contributed by atoms with van der Waals surface area (Å²) in [7, 11) is 1.64. The monoisotopic (exact) mass is 446 g/mol. The number of ether oxygens (including phenoxy) is 3. The van der Waals surface area contributed by atoms with Gasteiger partial charge in [-0.1, -0.05) is 11.6 Å². The first-order valence-electron chi connectivity index (χ1n) is 9.27. The van der Waals surface area contributed by atoms with E-state index in [-0.39, 0.29) is 16.8 Å². The molecule has 156 valence electrons. The maximum atomic E-state index is 12.5. The van der Waals surface area contributed by atoms with Crippen LogP contribution in [0, 0.1) is 0 Å². The van der Waals surface area contributed by atoms with Gasteiger partial charge >= 0.3 is 0 Å². The Hall–Kier alpha value is -2.68. The van der Waals surface area contributed by atoms with Gasteiger partial charge in [-0.2, -0.15) is 0 Å². The van der Waals surface area contributed by atoms with Crippen molar-refractivity contribution in [2.24, 2.45) is 0 Å². The highest BCUT2D eigenvalue weighted by atomic mass is 35.5. The molecule has 1 aromatic carbocycles. The Morgan fingerprint density at radius 2 is 2.17 bits per heavy atom. The summed E-state index contributed by atoms with van der Waals surface area (Å²) in [4.78, 5) is 29.4. The second kappa shape index (κ2) is 8.59. The summed E-state index contributed by atoms with van der Waals surface area (Å²) in [5, 5.41) is 0.403. The number of aromatic nitrogens is 2. The summed E-state index contributed by atoms with van der Waals surface area (Å²) in [6, 6.07) is 4.89. The summed E-state index contributed by atoms with van der Waals surface area (Å²) in [6.45, 7) is 2.40. The first-order valence-corrected chi connectivity index (χ1v) is 10.5. The Morgan fingerprint density at radius 1 is 1.33 bits per heavy atom. The number of fused-ring (bicyclic) bond motifs is 3. The van der Waals surface area contributed by atoms with Crippen LogP contribution in [0.15, 0.2) is 40.9 Å². The topological polar surface area (TPSA) is 79.7 Å². The number of pyridine rings is 1. The van der Waals surface area contributed by atoms with E-state index in [1.54, 1.807) is 35.5 Å². The molecule has 3 heterocycles. The third kappa shape index (κ3) is 3.86. The van der Waals surface area contributed by atoms with Crippen molar-refractivity contribution in [3.8, 4) is 22.8 Å².